The second kappa shape index (κ2) is 10.2. The molecule has 1 heterocycles. The molecule has 0 saturated heterocycles. The van der Waals surface area contributed by atoms with Crippen LogP contribution in [0, 0.1) is 0 Å². The minimum absolute atomic E-state index is 0.249. The van der Waals surface area contributed by atoms with Crippen molar-refractivity contribution in [1.29, 1.82) is 0 Å². The molecule has 0 fully saturated rings. The molecule has 0 aliphatic carbocycles. The van der Waals surface area contributed by atoms with Crippen LogP contribution in [0.2, 0.25) is 0 Å². The maximum absolute atomic E-state index is 13.0. The van der Waals surface area contributed by atoms with Gasteiger partial charge in [0.15, 0.2) is 6.61 Å². The number of aromatic nitrogens is 1. The van der Waals surface area contributed by atoms with E-state index in [1.165, 1.54) is 0 Å². The summed E-state index contributed by atoms with van der Waals surface area (Å²) in [4.78, 5) is 30.2. The van der Waals surface area contributed by atoms with E-state index in [4.69, 9.17) is 14.5 Å². The Morgan fingerprint density at radius 3 is 2.38 bits per heavy atom. The fourth-order valence-electron chi connectivity index (χ4n) is 3.76. The average Bonchev–Trinajstić information content (AvgIpc) is 2.87. The van der Waals surface area contributed by atoms with E-state index in [1.807, 2.05) is 72.8 Å². The van der Waals surface area contributed by atoms with Gasteiger partial charge in [0.1, 0.15) is 5.75 Å². The lowest BCUT2D eigenvalue weighted by atomic mass is 10.0. The number of hydrogen-bond donors (Lipinski definition) is 1. The molecular formula is C28H26N2O4. The zero-order valence-electron chi connectivity index (χ0n) is 19.4. The number of hydrogen-bond acceptors (Lipinski definition) is 5. The van der Waals surface area contributed by atoms with Gasteiger partial charge in [-0.3, -0.25) is 4.79 Å². The molecule has 0 bridgehead atoms. The average molecular weight is 455 g/mol. The van der Waals surface area contributed by atoms with E-state index in [-0.39, 0.29) is 12.5 Å². The molecule has 0 aliphatic rings. The Hall–Kier alpha value is -4.19. The van der Waals surface area contributed by atoms with Gasteiger partial charge in [0, 0.05) is 16.6 Å². The van der Waals surface area contributed by atoms with Crippen molar-refractivity contribution in [3.63, 3.8) is 0 Å². The van der Waals surface area contributed by atoms with Crippen molar-refractivity contribution in [3.05, 3.63) is 90.0 Å². The second-order valence-corrected chi connectivity index (χ2v) is 8.17. The summed E-state index contributed by atoms with van der Waals surface area (Å²) in [5.74, 6) is 0.00341. The molecule has 1 amide bonds. The van der Waals surface area contributed by atoms with Crippen molar-refractivity contribution in [2.75, 3.05) is 19.0 Å². The van der Waals surface area contributed by atoms with Gasteiger partial charge in [-0.05, 0) is 53.9 Å². The third kappa shape index (κ3) is 5.07. The topological polar surface area (TPSA) is 77.5 Å². The van der Waals surface area contributed by atoms with Gasteiger partial charge in [-0.25, -0.2) is 9.78 Å². The summed E-state index contributed by atoms with van der Waals surface area (Å²) in [7, 11) is 1.61. The predicted octanol–water partition coefficient (Wildman–Crippen LogP) is 5.83. The molecule has 0 saturated carbocycles. The number of carbonyl (C=O) groups is 2. The molecule has 0 unspecified atom stereocenters. The van der Waals surface area contributed by atoms with Crippen LogP contribution in [0.4, 0.5) is 5.69 Å². The number of methoxy groups -OCH3 is 1. The molecule has 0 aliphatic heterocycles. The molecular weight excluding hydrogens is 428 g/mol. The van der Waals surface area contributed by atoms with Crippen LogP contribution in [-0.2, 0) is 9.53 Å². The van der Waals surface area contributed by atoms with Gasteiger partial charge in [0.25, 0.3) is 5.91 Å². The Kier molecular flexibility index (Phi) is 6.87. The molecule has 0 atom stereocenters. The van der Waals surface area contributed by atoms with E-state index in [9.17, 15) is 9.59 Å². The number of esters is 1. The van der Waals surface area contributed by atoms with E-state index in [0.717, 1.165) is 22.6 Å². The molecule has 6 heteroatoms. The molecule has 1 N–H and O–H groups in total. The first-order chi connectivity index (χ1) is 16.5. The van der Waals surface area contributed by atoms with Crippen molar-refractivity contribution < 1.29 is 19.1 Å². The van der Waals surface area contributed by atoms with Crippen molar-refractivity contribution in [3.8, 4) is 17.0 Å². The highest BCUT2D eigenvalue weighted by molar-refractivity contribution is 6.05. The van der Waals surface area contributed by atoms with Crippen molar-refractivity contribution in [2.24, 2.45) is 0 Å². The minimum atomic E-state index is -0.583. The van der Waals surface area contributed by atoms with Crippen LogP contribution < -0.4 is 10.1 Å². The zero-order chi connectivity index (χ0) is 24.1. The summed E-state index contributed by atoms with van der Waals surface area (Å²) in [5, 5.41) is 3.51. The number of para-hydroxylation sites is 2. The Balaban J connectivity index is 1.55. The summed E-state index contributed by atoms with van der Waals surface area (Å²) >= 11 is 0. The minimum Gasteiger partial charge on any atom is -0.497 e. The number of pyridine rings is 1. The predicted molar refractivity (Wildman–Crippen MR) is 133 cm³/mol. The summed E-state index contributed by atoms with van der Waals surface area (Å²) in [6, 6.07) is 24.1. The highest BCUT2D eigenvalue weighted by Crippen LogP contribution is 2.27. The molecule has 34 heavy (non-hydrogen) atoms. The molecule has 172 valence electrons. The SMILES string of the molecule is COc1ccc(-c2cc(C(=O)OCC(=O)Nc3ccccc3C(C)C)c3ccccc3n2)cc1. The second-order valence-electron chi connectivity index (χ2n) is 8.17. The summed E-state index contributed by atoms with van der Waals surface area (Å²) in [6.45, 7) is 3.72. The maximum atomic E-state index is 13.0. The molecule has 0 spiro atoms. The highest BCUT2D eigenvalue weighted by Gasteiger charge is 2.17. The third-order valence-electron chi connectivity index (χ3n) is 5.51. The van der Waals surface area contributed by atoms with Crippen LogP contribution in [0.3, 0.4) is 0 Å². The van der Waals surface area contributed by atoms with Gasteiger partial charge in [-0.1, -0.05) is 50.2 Å². The first-order valence-corrected chi connectivity index (χ1v) is 11.1. The molecule has 4 rings (SSSR count). The van der Waals surface area contributed by atoms with E-state index in [1.54, 1.807) is 13.2 Å². The lowest BCUT2D eigenvalue weighted by molar-refractivity contribution is -0.119. The first-order valence-electron chi connectivity index (χ1n) is 11.1. The number of anilines is 1. The van der Waals surface area contributed by atoms with Gasteiger partial charge < -0.3 is 14.8 Å². The number of benzene rings is 3. The van der Waals surface area contributed by atoms with E-state index in [0.29, 0.717) is 22.2 Å². The normalized spacial score (nSPS) is 10.8. The molecule has 1 aromatic heterocycles. The number of rotatable bonds is 7. The van der Waals surface area contributed by atoms with Gasteiger partial charge in [0.2, 0.25) is 0 Å². The van der Waals surface area contributed by atoms with E-state index >= 15 is 0 Å². The van der Waals surface area contributed by atoms with Gasteiger partial charge in [0.05, 0.1) is 23.9 Å². The lowest BCUT2D eigenvalue weighted by Crippen LogP contribution is -2.22. The van der Waals surface area contributed by atoms with Crippen LogP contribution in [0.5, 0.6) is 5.75 Å². The van der Waals surface area contributed by atoms with Crippen molar-refractivity contribution in [1.82, 2.24) is 4.98 Å². The number of carbonyl (C=O) groups excluding carboxylic acids is 2. The van der Waals surface area contributed by atoms with Gasteiger partial charge >= 0.3 is 5.97 Å². The standard InChI is InChI=1S/C28H26N2O4/c1-18(2)21-8-4-6-10-24(21)30-27(31)17-34-28(32)23-16-26(19-12-14-20(33-3)15-13-19)29-25-11-7-5-9-22(23)25/h4-16,18H,17H2,1-3H3,(H,30,31). The molecule has 6 nitrogen and oxygen atoms in total. The number of nitrogens with one attached hydrogen (secondary N) is 1. The molecule has 0 radical (unpaired) electrons. The van der Waals surface area contributed by atoms with Gasteiger partial charge in [-0.2, -0.15) is 0 Å². The summed E-state index contributed by atoms with van der Waals surface area (Å²) < 4.78 is 10.6. The van der Waals surface area contributed by atoms with Crippen molar-refractivity contribution >= 4 is 28.5 Å². The Morgan fingerprint density at radius 2 is 1.65 bits per heavy atom. The fourth-order valence-corrected chi connectivity index (χ4v) is 3.76. The van der Waals surface area contributed by atoms with Crippen LogP contribution in [0.1, 0.15) is 35.7 Å². The third-order valence-corrected chi connectivity index (χ3v) is 5.51. The lowest BCUT2D eigenvalue weighted by Gasteiger charge is -2.14. The molecule has 3 aromatic carbocycles. The van der Waals surface area contributed by atoms with Crippen molar-refractivity contribution in [2.45, 2.75) is 19.8 Å². The molecule has 4 aromatic rings. The van der Waals surface area contributed by atoms with Crippen LogP contribution in [0.25, 0.3) is 22.2 Å². The highest BCUT2D eigenvalue weighted by atomic mass is 16.5. The number of fused-ring (bicyclic) bond motifs is 1. The Bertz CT molecular complexity index is 1330. The van der Waals surface area contributed by atoms with Crippen LogP contribution >= 0.6 is 0 Å². The van der Waals surface area contributed by atoms with Crippen LogP contribution in [0.15, 0.2) is 78.9 Å². The number of ether oxygens (including phenoxy) is 2. The summed E-state index contributed by atoms with van der Waals surface area (Å²) in [5.41, 5.74) is 4.22. The number of nitrogens with zero attached hydrogens (tertiary/aromatic N) is 1. The van der Waals surface area contributed by atoms with Crippen LogP contribution in [-0.4, -0.2) is 30.6 Å². The van der Waals surface area contributed by atoms with E-state index in [2.05, 4.69) is 19.2 Å². The first kappa shape index (κ1) is 23.0. The largest absolute Gasteiger partial charge is 0.497 e. The number of amides is 1. The van der Waals surface area contributed by atoms with Gasteiger partial charge in [-0.15, -0.1) is 0 Å². The maximum Gasteiger partial charge on any atom is 0.339 e. The quantitative estimate of drug-likeness (QED) is 0.356. The Morgan fingerprint density at radius 1 is 0.941 bits per heavy atom. The summed E-state index contributed by atoms with van der Waals surface area (Å²) in [6.07, 6.45) is 0. The van der Waals surface area contributed by atoms with E-state index < -0.39 is 11.9 Å². The monoisotopic (exact) mass is 454 g/mol. The zero-order valence-corrected chi connectivity index (χ0v) is 19.4. The smallest absolute Gasteiger partial charge is 0.339 e. The fraction of sp³-hybridized carbons (Fsp3) is 0.179. The Labute approximate surface area is 198 Å².